The summed E-state index contributed by atoms with van der Waals surface area (Å²) in [5.41, 5.74) is 1.82. The molecule has 1 aromatic heterocycles. The number of aromatic nitrogens is 1. The Labute approximate surface area is 182 Å². The van der Waals surface area contributed by atoms with Crippen LogP contribution in [0.1, 0.15) is 24.1 Å². The Hall–Kier alpha value is -3.66. The molecule has 4 nitrogen and oxygen atoms in total. The topological polar surface area (TPSA) is 48.4 Å². The van der Waals surface area contributed by atoms with Crippen molar-refractivity contribution in [3.05, 3.63) is 102 Å². The van der Waals surface area contributed by atoms with Crippen molar-refractivity contribution >= 4 is 16.7 Å². The summed E-state index contributed by atoms with van der Waals surface area (Å²) in [6.45, 7) is 2.06. The van der Waals surface area contributed by atoms with Crippen LogP contribution in [0.2, 0.25) is 0 Å². The number of methoxy groups -OCH3 is 1. The minimum absolute atomic E-state index is 0.00640. The van der Waals surface area contributed by atoms with E-state index in [0.717, 1.165) is 27.8 Å². The number of rotatable bonds is 7. The predicted octanol–water partition coefficient (Wildman–Crippen LogP) is 6.16. The maximum absolute atomic E-state index is 12.7. The van der Waals surface area contributed by atoms with Gasteiger partial charge in [-0.05, 0) is 46.9 Å². The molecular weight excluding hydrogens is 386 g/mol. The molecule has 1 heterocycles. The molecule has 3 aromatic carbocycles. The SMILES string of the molecule is COC(=O)C(c1ccc2ccccc2c1)C(C)Cc1cccc(Oc2ccccc2)n1. The maximum Gasteiger partial charge on any atom is 0.313 e. The first-order valence-electron chi connectivity index (χ1n) is 10.4. The van der Waals surface area contributed by atoms with Gasteiger partial charge >= 0.3 is 5.97 Å². The summed E-state index contributed by atoms with van der Waals surface area (Å²) in [6, 6.07) is 29.6. The number of ether oxygens (including phenoxy) is 2. The molecule has 0 aliphatic carbocycles. The van der Waals surface area contributed by atoms with Gasteiger partial charge in [-0.15, -0.1) is 0 Å². The molecule has 0 radical (unpaired) electrons. The molecule has 0 amide bonds. The Morgan fingerprint density at radius 2 is 1.61 bits per heavy atom. The fraction of sp³-hybridized carbons (Fsp3) is 0.185. The zero-order chi connectivity index (χ0) is 21.6. The predicted molar refractivity (Wildman–Crippen MR) is 122 cm³/mol. The van der Waals surface area contributed by atoms with Crippen LogP contribution in [-0.2, 0) is 16.0 Å². The standard InChI is InChI=1S/C27H25NO3/c1-19(17-23-11-8-14-25(28-23)31-24-12-4-3-5-13-24)26(27(29)30-2)22-16-15-20-9-6-7-10-21(20)18-22/h3-16,18-19,26H,17H2,1-2H3. The Balaban J connectivity index is 1.57. The average molecular weight is 412 g/mol. The van der Waals surface area contributed by atoms with Crippen molar-refractivity contribution < 1.29 is 14.3 Å². The van der Waals surface area contributed by atoms with E-state index in [2.05, 4.69) is 36.2 Å². The van der Waals surface area contributed by atoms with Crippen LogP contribution in [0.25, 0.3) is 10.8 Å². The van der Waals surface area contributed by atoms with Gasteiger partial charge in [-0.2, -0.15) is 0 Å². The lowest BCUT2D eigenvalue weighted by Gasteiger charge is -2.22. The number of para-hydroxylation sites is 1. The smallest absolute Gasteiger partial charge is 0.313 e. The van der Waals surface area contributed by atoms with E-state index in [0.29, 0.717) is 12.3 Å². The van der Waals surface area contributed by atoms with Crippen LogP contribution < -0.4 is 4.74 Å². The Morgan fingerprint density at radius 3 is 2.39 bits per heavy atom. The molecule has 0 fully saturated rings. The van der Waals surface area contributed by atoms with Gasteiger partial charge in [-0.1, -0.05) is 73.7 Å². The molecule has 0 spiro atoms. The molecule has 4 heteroatoms. The third kappa shape index (κ3) is 4.92. The summed E-state index contributed by atoms with van der Waals surface area (Å²) in [4.78, 5) is 17.4. The van der Waals surface area contributed by atoms with Crippen molar-refractivity contribution in [2.24, 2.45) is 5.92 Å². The van der Waals surface area contributed by atoms with E-state index in [1.54, 1.807) is 0 Å². The van der Waals surface area contributed by atoms with Crippen LogP contribution >= 0.6 is 0 Å². The highest BCUT2D eigenvalue weighted by atomic mass is 16.5. The van der Waals surface area contributed by atoms with Gasteiger partial charge in [0.15, 0.2) is 0 Å². The van der Waals surface area contributed by atoms with Gasteiger partial charge in [0.25, 0.3) is 0 Å². The fourth-order valence-electron chi connectivity index (χ4n) is 3.91. The number of nitrogens with zero attached hydrogens (tertiary/aromatic N) is 1. The van der Waals surface area contributed by atoms with E-state index in [4.69, 9.17) is 9.47 Å². The highest BCUT2D eigenvalue weighted by Crippen LogP contribution is 2.31. The minimum Gasteiger partial charge on any atom is -0.469 e. The number of pyridine rings is 1. The van der Waals surface area contributed by atoms with Crippen LogP contribution in [0.3, 0.4) is 0 Å². The molecule has 4 rings (SSSR count). The Kier molecular flexibility index (Phi) is 6.27. The molecule has 4 aromatic rings. The average Bonchev–Trinajstić information content (AvgIpc) is 2.80. The fourth-order valence-corrected chi connectivity index (χ4v) is 3.91. The van der Waals surface area contributed by atoms with Gasteiger partial charge in [0.1, 0.15) is 5.75 Å². The van der Waals surface area contributed by atoms with E-state index >= 15 is 0 Å². The van der Waals surface area contributed by atoms with E-state index in [-0.39, 0.29) is 17.8 Å². The van der Waals surface area contributed by atoms with Gasteiger partial charge in [-0.3, -0.25) is 4.79 Å². The Bertz CT molecular complexity index is 1170. The highest BCUT2D eigenvalue weighted by molar-refractivity contribution is 5.86. The molecule has 0 bridgehead atoms. The molecule has 31 heavy (non-hydrogen) atoms. The second-order valence-electron chi connectivity index (χ2n) is 7.67. The van der Waals surface area contributed by atoms with Gasteiger partial charge < -0.3 is 9.47 Å². The Morgan fingerprint density at radius 1 is 0.871 bits per heavy atom. The van der Waals surface area contributed by atoms with Crippen molar-refractivity contribution in [3.63, 3.8) is 0 Å². The number of fused-ring (bicyclic) bond motifs is 1. The second kappa shape index (κ2) is 9.43. The summed E-state index contributed by atoms with van der Waals surface area (Å²) in [5.74, 6) is 0.655. The third-order valence-corrected chi connectivity index (χ3v) is 5.43. The molecule has 156 valence electrons. The maximum atomic E-state index is 12.7. The summed E-state index contributed by atoms with van der Waals surface area (Å²) in [6.07, 6.45) is 0.624. The monoisotopic (exact) mass is 411 g/mol. The van der Waals surface area contributed by atoms with Crippen LogP contribution in [0.15, 0.2) is 91.0 Å². The molecule has 2 unspecified atom stereocenters. The van der Waals surface area contributed by atoms with Gasteiger partial charge in [0, 0.05) is 11.8 Å². The number of benzene rings is 3. The molecule has 0 N–H and O–H groups in total. The van der Waals surface area contributed by atoms with E-state index in [1.165, 1.54) is 7.11 Å². The zero-order valence-corrected chi connectivity index (χ0v) is 17.7. The van der Waals surface area contributed by atoms with Crippen molar-refractivity contribution in [1.82, 2.24) is 4.98 Å². The van der Waals surface area contributed by atoms with Crippen molar-refractivity contribution in [3.8, 4) is 11.6 Å². The molecule has 0 aliphatic rings. The van der Waals surface area contributed by atoms with Gasteiger partial charge in [-0.25, -0.2) is 4.98 Å². The van der Waals surface area contributed by atoms with Crippen LogP contribution in [0.5, 0.6) is 11.6 Å². The van der Waals surface area contributed by atoms with Crippen molar-refractivity contribution in [2.45, 2.75) is 19.3 Å². The van der Waals surface area contributed by atoms with Crippen molar-refractivity contribution in [1.29, 1.82) is 0 Å². The third-order valence-electron chi connectivity index (χ3n) is 5.43. The number of carbonyl (C=O) groups is 1. The van der Waals surface area contributed by atoms with Gasteiger partial charge in [0.2, 0.25) is 5.88 Å². The summed E-state index contributed by atoms with van der Waals surface area (Å²) < 4.78 is 11.0. The van der Waals surface area contributed by atoms with Gasteiger partial charge in [0.05, 0.1) is 13.0 Å². The number of hydrogen-bond acceptors (Lipinski definition) is 4. The lowest BCUT2D eigenvalue weighted by molar-refractivity contribution is -0.143. The molecule has 0 saturated carbocycles. The van der Waals surface area contributed by atoms with Crippen LogP contribution in [0.4, 0.5) is 0 Å². The lowest BCUT2D eigenvalue weighted by Crippen LogP contribution is -2.23. The largest absolute Gasteiger partial charge is 0.469 e. The van der Waals surface area contributed by atoms with E-state index in [1.807, 2.05) is 66.7 Å². The molecular formula is C27H25NO3. The lowest BCUT2D eigenvalue weighted by atomic mass is 9.83. The van der Waals surface area contributed by atoms with E-state index < -0.39 is 0 Å². The molecule has 0 saturated heterocycles. The second-order valence-corrected chi connectivity index (χ2v) is 7.67. The summed E-state index contributed by atoms with van der Waals surface area (Å²) in [5, 5.41) is 2.26. The highest BCUT2D eigenvalue weighted by Gasteiger charge is 2.28. The number of esters is 1. The first kappa shape index (κ1) is 20.6. The quantitative estimate of drug-likeness (QED) is 0.342. The summed E-state index contributed by atoms with van der Waals surface area (Å²) >= 11 is 0. The number of carbonyl (C=O) groups excluding carboxylic acids is 1. The van der Waals surface area contributed by atoms with Crippen LogP contribution in [-0.4, -0.2) is 18.1 Å². The first-order chi connectivity index (χ1) is 15.1. The minimum atomic E-state index is -0.380. The molecule has 0 aliphatic heterocycles. The van der Waals surface area contributed by atoms with E-state index in [9.17, 15) is 4.79 Å². The summed E-state index contributed by atoms with van der Waals surface area (Å²) in [7, 11) is 1.44. The molecule has 2 atom stereocenters. The number of hydrogen-bond donors (Lipinski definition) is 0. The zero-order valence-electron chi connectivity index (χ0n) is 17.7. The van der Waals surface area contributed by atoms with Crippen LogP contribution in [0, 0.1) is 5.92 Å². The first-order valence-corrected chi connectivity index (χ1v) is 10.4. The normalized spacial score (nSPS) is 12.8. The van der Waals surface area contributed by atoms with Crippen molar-refractivity contribution in [2.75, 3.05) is 7.11 Å².